The number of rotatable bonds is 8. The Bertz CT molecular complexity index is 550. The van der Waals surface area contributed by atoms with Crippen LogP contribution in [0.4, 0.5) is 0 Å². The molecule has 0 saturated heterocycles. The molecule has 0 radical (unpaired) electrons. The highest BCUT2D eigenvalue weighted by atomic mass is 35.5. The lowest BCUT2D eigenvalue weighted by atomic mass is 10.1. The van der Waals surface area contributed by atoms with Crippen LogP contribution in [0.2, 0.25) is 0 Å². The number of quaternary nitrogens is 1. The van der Waals surface area contributed by atoms with E-state index < -0.39 is 0 Å². The van der Waals surface area contributed by atoms with Crippen molar-refractivity contribution in [2.45, 2.75) is 40.5 Å². The maximum absolute atomic E-state index is 11.9. The van der Waals surface area contributed by atoms with E-state index >= 15 is 0 Å². The van der Waals surface area contributed by atoms with Gasteiger partial charge in [0.1, 0.15) is 6.54 Å². The summed E-state index contributed by atoms with van der Waals surface area (Å²) < 4.78 is 6.30. The molecule has 0 N–H and O–H groups in total. The van der Waals surface area contributed by atoms with E-state index in [1.807, 2.05) is 25.1 Å². The average molecular weight is 338 g/mol. The molecule has 0 amide bonds. The summed E-state index contributed by atoms with van der Waals surface area (Å²) in [6.07, 6.45) is 1.65. The fourth-order valence-corrected chi connectivity index (χ4v) is 2.67. The highest BCUT2D eigenvalue weighted by Crippen LogP contribution is 2.23. The third kappa shape index (κ3) is 5.22. The van der Waals surface area contributed by atoms with Crippen molar-refractivity contribution in [2.24, 2.45) is 0 Å². The van der Waals surface area contributed by atoms with Crippen LogP contribution in [-0.2, 0) is 16.1 Å². The Labute approximate surface area is 146 Å². The van der Waals surface area contributed by atoms with Gasteiger partial charge in [0.05, 0.1) is 13.1 Å². The number of halogens is 1. The van der Waals surface area contributed by atoms with E-state index in [4.69, 9.17) is 4.74 Å². The topological polar surface area (TPSA) is 26.3 Å². The van der Waals surface area contributed by atoms with Crippen LogP contribution in [0.15, 0.2) is 43.0 Å². The minimum absolute atomic E-state index is 0. The Morgan fingerprint density at radius 2 is 1.87 bits per heavy atom. The van der Waals surface area contributed by atoms with Gasteiger partial charge in [-0.25, -0.2) is 4.79 Å². The molecule has 3 nitrogen and oxygen atoms in total. The molecule has 0 spiro atoms. The van der Waals surface area contributed by atoms with Gasteiger partial charge in [-0.1, -0.05) is 43.5 Å². The monoisotopic (exact) mass is 337 g/mol. The third-order valence-corrected chi connectivity index (χ3v) is 4.42. The Morgan fingerprint density at radius 3 is 2.35 bits per heavy atom. The summed E-state index contributed by atoms with van der Waals surface area (Å²) in [5, 5.41) is 0. The van der Waals surface area contributed by atoms with Crippen molar-refractivity contribution in [3.05, 3.63) is 54.1 Å². The van der Waals surface area contributed by atoms with Gasteiger partial charge in [-0.2, -0.15) is 0 Å². The molecule has 1 atom stereocenters. The number of carbonyl (C=O) groups excluding carboxylic acids is 1. The fourth-order valence-electron chi connectivity index (χ4n) is 2.67. The highest BCUT2D eigenvalue weighted by Gasteiger charge is 2.34. The van der Waals surface area contributed by atoms with Crippen molar-refractivity contribution in [1.29, 1.82) is 0 Å². The predicted molar refractivity (Wildman–Crippen MR) is 91.9 cm³/mol. The Hall–Kier alpha value is -1.58. The Kier molecular flexibility index (Phi) is 8.88. The molecule has 128 valence electrons. The van der Waals surface area contributed by atoms with Crippen LogP contribution in [0.3, 0.4) is 0 Å². The number of esters is 1. The summed E-state index contributed by atoms with van der Waals surface area (Å²) >= 11 is 0. The summed E-state index contributed by atoms with van der Waals surface area (Å²) in [7, 11) is 0. The summed E-state index contributed by atoms with van der Waals surface area (Å²) in [5.74, 6) is -0.325. The number of hydrogen-bond acceptors (Lipinski definition) is 2. The molecule has 4 heteroatoms. The van der Waals surface area contributed by atoms with Crippen molar-refractivity contribution in [3.8, 4) is 0 Å². The smallest absolute Gasteiger partial charge is 0.337 e. The number of ether oxygens (including phenoxy) is 1. The molecule has 0 bridgehead atoms. The maximum Gasteiger partial charge on any atom is 0.337 e. The highest BCUT2D eigenvalue weighted by molar-refractivity contribution is 5.86. The van der Waals surface area contributed by atoms with Gasteiger partial charge in [-0.3, -0.25) is 4.48 Å². The first-order chi connectivity index (χ1) is 10.4. The van der Waals surface area contributed by atoms with Gasteiger partial charge in [0, 0.05) is 18.1 Å². The first-order valence-electron chi connectivity index (χ1n) is 7.82. The number of nitrogens with zero attached hydrogens (tertiary/aromatic N) is 1. The molecule has 1 aromatic carbocycles. The lowest BCUT2D eigenvalue weighted by molar-refractivity contribution is -0.976. The molecule has 23 heavy (non-hydrogen) atoms. The molecule has 0 aliphatic carbocycles. The molecule has 1 unspecified atom stereocenters. The van der Waals surface area contributed by atoms with Gasteiger partial charge in [0.15, 0.2) is 0 Å². The zero-order valence-electron chi connectivity index (χ0n) is 14.6. The first-order valence-corrected chi connectivity index (χ1v) is 7.82. The maximum atomic E-state index is 11.9. The molecular formula is C19H28ClNO2. The van der Waals surface area contributed by atoms with Crippen LogP contribution in [0.1, 0.15) is 38.8 Å². The number of hydrogen-bond donors (Lipinski definition) is 0. The molecule has 0 saturated carbocycles. The molecule has 0 heterocycles. The molecule has 0 aliphatic rings. The van der Waals surface area contributed by atoms with Gasteiger partial charge in [0.2, 0.25) is 6.23 Å². The van der Waals surface area contributed by atoms with Crippen molar-refractivity contribution >= 4 is 12.0 Å². The predicted octanol–water partition coefficient (Wildman–Crippen LogP) is 1.16. The minimum Gasteiger partial charge on any atom is -1.00 e. The van der Waals surface area contributed by atoms with Crippen molar-refractivity contribution in [2.75, 3.05) is 13.1 Å². The summed E-state index contributed by atoms with van der Waals surface area (Å²) in [5.41, 5.74) is 2.79. The van der Waals surface area contributed by atoms with E-state index in [1.54, 1.807) is 6.92 Å². The van der Waals surface area contributed by atoms with Crippen LogP contribution >= 0.6 is 0 Å². The van der Waals surface area contributed by atoms with Crippen molar-refractivity contribution < 1.29 is 26.4 Å². The summed E-state index contributed by atoms with van der Waals surface area (Å²) in [6.45, 7) is 18.0. The lowest BCUT2D eigenvalue weighted by Gasteiger charge is -2.41. The standard InChI is InChI=1S/C19H28NO2.ClH/c1-7-17-12-10-11-13-18(17)14-20(8-2,9-3)16(6)22-19(21)15(4)5;/h7,10-13,16H,1,4,8-9,14H2,2-3,5-6H3;1H/q+1;/p-1. The average Bonchev–Trinajstić information content (AvgIpc) is 2.52. The van der Waals surface area contributed by atoms with Crippen LogP contribution < -0.4 is 12.4 Å². The quantitative estimate of drug-likeness (QED) is 0.308. The molecule has 0 aromatic heterocycles. The van der Waals surface area contributed by atoms with Gasteiger partial charge in [0.25, 0.3) is 0 Å². The second-order valence-electron chi connectivity index (χ2n) is 5.70. The number of benzene rings is 1. The third-order valence-electron chi connectivity index (χ3n) is 4.42. The van der Waals surface area contributed by atoms with Gasteiger partial charge < -0.3 is 17.1 Å². The van der Waals surface area contributed by atoms with Gasteiger partial charge >= 0.3 is 5.97 Å². The zero-order valence-corrected chi connectivity index (χ0v) is 15.4. The second-order valence-corrected chi connectivity index (χ2v) is 5.70. The van der Waals surface area contributed by atoms with Crippen LogP contribution in [-0.4, -0.2) is 29.8 Å². The van der Waals surface area contributed by atoms with Gasteiger partial charge in [-0.15, -0.1) is 0 Å². The van der Waals surface area contributed by atoms with E-state index in [0.717, 1.165) is 25.2 Å². The summed E-state index contributed by atoms with van der Waals surface area (Å²) in [4.78, 5) is 11.9. The van der Waals surface area contributed by atoms with E-state index in [0.29, 0.717) is 10.1 Å². The van der Waals surface area contributed by atoms with Crippen molar-refractivity contribution in [3.63, 3.8) is 0 Å². The Balaban J connectivity index is 0.00000484. The molecule has 1 rings (SSSR count). The van der Waals surface area contributed by atoms with E-state index in [-0.39, 0.29) is 24.6 Å². The van der Waals surface area contributed by atoms with Crippen LogP contribution in [0.5, 0.6) is 0 Å². The zero-order chi connectivity index (χ0) is 16.8. The van der Waals surface area contributed by atoms with Crippen molar-refractivity contribution in [1.82, 2.24) is 0 Å². The normalized spacial score (nSPS) is 12.0. The molecule has 1 aromatic rings. The minimum atomic E-state index is -0.325. The van der Waals surface area contributed by atoms with E-state index in [9.17, 15) is 4.79 Å². The van der Waals surface area contributed by atoms with Crippen LogP contribution in [0, 0.1) is 0 Å². The molecule has 0 fully saturated rings. The fraction of sp³-hybridized carbons (Fsp3) is 0.421. The molecular weight excluding hydrogens is 310 g/mol. The lowest BCUT2D eigenvalue weighted by Crippen LogP contribution is -3.00. The van der Waals surface area contributed by atoms with Crippen LogP contribution in [0.25, 0.3) is 6.08 Å². The SMILES string of the molecule is C=Cc1ccccc1C[N+](CC)(CC)C(C)OC(=O)C(=C)C.[Cl-]. The van der Waals surface area contributed by atoms with E-state index in [1.165, 1.54) is 5.56 Å². The van der Waals surface area contributed by atoms with E-state index in [2.05, 4.69) is 39.1 Å². The second kappa shape index (κ2) is 9.53. The summed E-state index contributed by atoms with van der Waals surface area (Å²) in [6, 6.07) is 8.22. The number of carbonyl (C=O) groups is 1. The molecule has 0 aliphatic heterocycles. The van der Waals surface area contributed by atoms with Gasteiger partial charge in [-0.05, 0) is 26.3 Å². The Morgan fingerprint density at radius 1 is 1.30 bits per heavy atom. The largest absolute Gasteiger partial charge is 1.00 e. The first kappa shape index (κ1) is 21.4.